The number of carbonyl (C=O) groups is 1. The molecule has 33 heavy (non-hydrogen) atoms. The van der Waals surface area contributed by atoms with E-state index in [1.54, 1.807) is 11.3 Å². The van der Waals surface area contributed by atoms with Gasteiger partial charge in [0.1, 0.15) is 11.9 Å². The fourth-order valence-electron chi connectivity index (χ4n) is 4.32. The number of fused-ring (bicyclic) bond motifs is 2. The van der Waals surface area contributed by atoms with Crippen molar-refractivity contribution >= 4 is 33.0 Å². The van der Waals surface area contributed by atoms with Crippen molar-refractivity contribution in [3.8, 4) is 0 Å². The van der Waals surface area contributed by atoms with Crippen LogP contribution in [0.15, 0.2) is 40.8 Å². The smallest absolute Gasteiger partial charge is 0.231 e. The van der Waals surface area contributed by atoms with Gasteiger partial charge in [0.05, 0.1) is 23.4 Å². The van der Waals surface area contributed by atoms with Crippen molar-refractivity contribution in [2.75, 3.05) is 13.1 Å². The second kappa shape index (κ2) is 10.2. The van der Waals surface area contributed by atoms with Crippen LogP contribution in [0.3, 0.4) is 0 Å². The molecule has 1 atom stereocenters. The molecule has 7 heteroatoms. The lowest BCUT2D eigenvalue weighted by Crippen LogP contribution is -2.40. The van der Waals surface area contributed by atoms with Gasteiger partial charge >= 0.3 is 0 Å². The minimum Gasteiger partial charge on any atom is -0.355 e. The van der Waals surface area contributed by atoms with E-state index in [4.69, 9.17) is 15.7 Å². The molecule has 0 saturated heterocycles. The highest BCUT2D eigenvalue weighted by molar-refractivity contribution is 7.17. The van der Waals surface area contributed by atoms with Crippen molar-refractivity contribution in [2.45, 2.75) is 70.9 Å². The average Bonchev–Trinajstić information content (AvgIpc) is 3.44. The first kappa shape index (κ1) is 23.6. The summed E-state index contributed by atoms with van der Waals surface area (Å²) in [5.74, 6) is 0.982. The molecule has 0 saturated carbocycles. The summed E-state index contributed by atoms with van der Waals surface area (Å²) in [6.45, 7) is 8.10. The molecular formula is C26H35N5OS. The number of nitrogens with two attached hydrogens (primary N) is 1. The van der Waals surface area contributed by atoms with Crippen molar-refractivity contribution in [3.05, 3.63) is 52.9 Å². The molecule has 3 N–H and O–H groups in total. The minimum atomic E-state index is -0.699. The number of thiophene rings is 1. The largest absolute Gasteiger partial charge is 0.355 e. The lowest BCUT2D eigenvalue weighted by Gasteiger charge is -2.22. The monoisotopic (exact) mass is 465 g/mol. The van der Waals surface area contributed by atoms with Gasteiger partial charge in [0.15, 0.2) is 0 Å². The van der Waals surface area contributed by atoms with E-state index in [2.05, 4.69) is 52.7 Å². The Morgan fingerprint density at radius 1 is 1.27 bits per heavy atom. The predicted molar refractivity (Wildman–Crippen MR) is 137 cm³/mol. The van der Waals surface area contributed by atoms with Crippen LogP contribution in [0.1, 0.15) is 76.0 Å². The molecule has 0 radical (unpaired) electrons. The highest BCUT2D eigenvalue weighted by atomic mass is 32.1. The van der Waals surface area contributed by atoms with Crippen LogP contribution in [0, 0.1) is 0 Å². The van der Waals surface area contributed by atoms with E-state index in [0.717, 1.165) is 49.3 Å². The molecule has 0 fully saturated rings. The third-order valence-electron chi connectivity index (χ3n) is 6.48. The van der Waals surface area contributed by atoms with Crippen LogP contribution < -0.4 is 11.1 Å². The molecule has 4 rings (SSSR count). The molecule has 1 unspecified atom stereocenters. The van der Waals surface area contributed by atoms with E-state index < -0.39 is 5.41 Å². The van der Waals surface area contributed by atoms with Gasteiger partial charge in [0.2, 0.25) is 5.91 Å². The Bertz CT molecular complexity index is 1140. The summed E-state index contributed by atoms with van der Waals surface area (Å²) in [5.41, 5.74) is 8.15. The topological polar surface area (TPSA) is 85.3 Å². The van der Waals surface area contributed by atoms with Crippen molar-refractivity contribution in [3.63, 3.8) is 0 Å². The Kier molecular flexibility index (Phi) is 7.29. The Balaban J connectivity index is 1.65. The van der Waals surface area contributed by atoms with Gasteiger partial charge in [-0.3, -0.25) is 9.79 Å². The molecule has 176 valence electrons. The Hall–Kier alpha value is -2.51. The molecule has 1 aliphatic heterocycles. The highest BCUT2D eigenvalue weighted by Crippen LogP contribution is 2.34. The van der Waals surface area contributed by atoms with Gasteiger partial charge in [-0.2, -0.15) is 0 Å². The molecular weight excluding hydrogens is 430 g/mol. The standard InChI is InChI=1S/C26H35N5OS/c1-4-5-14-28-25(32)26(2,3)23-16-31-15-21(19-17-33-22-12-7-6-10-18(19)22)29-20(24(31)30-23)11-8-9-13-27/h6-7,10,12,16-17,20H,4-5,8-9,11,13-15,27H2,1-3H3,(H,28,32). The van der Waals surface area contributed by atoms with Crippen molar-refractivity contribution in [2.24, 2.45) is 10.7 Å². The SMILES string of the molecule is CCCCNC(=O)C(C)(C)c1cn2c(n1)C(CCCCN)N=C(c1csc3ccccc13)C2. The third-order valence-corrected chi connectivity index (χ3v) is 7.45. The first-order valence-corrected chi connectivity index (χ1v) is 12.9. The Morgan fingerprint density at radius 2 is 2.09 bits per heavy atom. The van der Waals surface area contributed by atoms with Gasteiger partial charge in [-0.05, 0) is 52.1 Å². The maximum absolute atomic E-state index is 12.9. The summed E-state index contributed by atoms with van der Waals surface area (Å²) in [6.07, 6.45) is 6.99. The molecule has 3 heterocycles. The van der Waals surface area contributed by atoms with E-state index in [1.165, 1.54) is 15.6 Å². The molecule has 0 aliphatic carbocycles. The number of hydrogen-bond donors (Lipinski definition) is 2. The normalized spacial score (nSPS) is 16.0. The first-order chi connectivity index (χ1) is 16.0. The minimum absolute atomic E-state index is 0.0216. The first-order valence-electron chi connectivity index (χ1n) is 12.0. The average molecular weight is 466 g/mol. The van der Waals surface area contributed by atoms with Gasteiger partial charge in [0, 0.05) is 33.8 Å². The summed E-state index contributed by atoms with van der Waals surface area (Å²) in [4.78, 5) is 23.1. The number of hydrogen-bond acceptors (Lipinski definition) is 5. The number of nitrogens with zero attached hydrogens (tertiary/aromatic N) is 3. The number of aliphatic imine (C=N–C) groups is 1. The van der Waals surface area contributed by atoms with Gasteiger partial charge < -0.3 is 15.6 Å². The lowest BCUT2D eigenvalue weighted by atomic mass is 9.88. The summed E-state index contributed by atoms with van der Waals surface area (Å²) >= 11 is 1.76. The number of rotatable bonds is 10. The van der Waals surface area contributed by atoms with E-state index in [-0.39, 0.29) is 11.9 Å². The number of benzene rings is 1. The van der Waals surface area contributed by atoms with Crippen molar-refractivity contribution < 1.29 is 4.79 Å². The van der Waals surface area contributed by atoms with Crippen LogP contribution in [-0.2, 0) is 16.8 Å². The second-order valence-electron chi connectivity index (χ2n) is 9.37. The van der Waals surface area contributed by atoms with Crippen LogP contribution in [0.25, 0.3) is 10.1 Å². The van der Waals surface area contributed by atoms with Crippen LogP contribution in [-0.4, -0.2) is 34.3 Å². The molecule has 1 aromatic carbocycles. The Labute approximate surface area is 200 Å². The summed E-state index contributed by atoms with van der Waals surface area (Å²) < 4.78 is 3.48. The number of nitrogens with one attached hydrogen (secondary N) is 1. The molecule has 0 spiro atoms. The van der Waals surface area contributed by atoms with Gasteiger partial charge in [-0.15, -0.1) is 11.3 Å². The summed E-state index contributed by atoms with van der Waals surface area (Å²) in [6, 6.07) is 8.47. The fourth-order valence-corrected chi connectivity index (χ4v) is 5.29. The number of carbonyl (C=O) groups excluding carboxylic acids is 1. The van der Waals surface area contributed by atoms with Gasteiger partial charge in [0.25, 0.3) is 0 Å². The van der Waals surface area contributed by atoms with Crippen LogP contribution >= 0.6 is 11.3 Å². The number of imidazole rings is 1. The Morgan fingerprint density at radius 3 is 2.88 bits per heavy atom. The highest BCUT2D eigenvalue weighted by Gasteiger charge is 2.35. The molecule has 1 amide bonds. The van der Waals surface area contributed by atoms with Crippen molar-refractivity contribution in [1.29, 1.82) is 0 Å². The number of unbranched alkanes of at least 4 members (excludes halogenated alkanes) is 2. The fraction of sp³-hybridized carbons (Fsp3) is 0.500. The lowest BCUT2D eigenvalue weighted by molar-refractivity contribution is -0.125. The van der Waals surface area contributed by atoms with Crippen LogP contribution in [0.2, 0.25) is 0 Å². The van der Waals surface area contributed by atoms with Crippen LogP contribution in [0.4, 0.5) is 0 Å². The number of amides is 1. The quantitative estimate of drug-likeness (QED) is 0.415. The predicted octanol–water partition coefficient (Wildman–Crippen LogP) is 4.96. The maximum Gasteiger partial charge on any atom is 0.231 e. The second-order valence-corrected chi connectivity index (χ2v) is 10.3. The molecule has 6 nitrogen and oxygen atoms in total. The molecule has 1 aliphatic rings. The third kappa shape index (κ3) is 4.89. The van der Waals surface area contributed by atoms with Crippen LogP contribution in [0.5, 0.6) is 0 Å². The zero-order chi connectivity index (χ0) is 23.4. The molecule has 0 bridgehead atoms. The van der Waals surface area contributed by atoms with E-state index in [1.807, 2.05) is 13.8 Å². The molecule has 3 aromatic rings. The number of aromatic nitrogens is 2. The summed E-state index contributed by atoms with van der Waals surface area (Å²) in [7, 11) is 0. The molecule has 2 aromatic heterocycles. The van der Waals surface area contributed by atoms with Crippen molar-refractivity contribution in [1.82, 2.24) is 14.9 Å². The zero-order valence-electron chi connectivity index (χ0n) is 19.9. The zero-order valence-corrected chi connectivity index (χ0v) is 20.8. The van der Waals surface area contributed by atoms with E-state index in [9.17, 15) is 4.79 Å². The van der Waals surface area contributed by atoms with E-state index >= 15 is 0 Å². The summed E-state index contributed by atoms with van der Waals surface area (Å²) in [5, 5.41) is 6.55. The van der Waals surface area contributed by atoms with Gasteiger partial charge in [-0.25, -0.2) is 4.98 Å². The van der Waals surface area contributed by atoms with Gasteiger partial charge in [-0.1, -0.05) is 31.5 Å². The maximum atomic E-state index is 12.9. The van der Waals surface area contributed by atoms with E-state index in [0.29, 0.717) is 19.6 Å².